The summed E-state index contributed by atoms with van der Waals surface area (Å²) in [5.41, 5.74) is 2.19. The average Bonchev–Trinajstić information content (AvgIpc) is 3.22. The van der Waals surface area contributed by atoms with Crippen LogP contribution in [0, 0.1) is 12.8 Å². The molecule has 0 radical (unpaired) electrons. The molecule has 2 aliphatic rings. The number of amides is 2. The highest BCUT2D eigenvalue weighted by Crippen LogP contribution is 2.25. The van der Waals surface area contributed by atoms with Crippen LogP contribution >= 0.6 is 0 Å². The fraction of sp³-hybridized carbons (Fsp3) is 0.560. The largest absolute Gasteiger partial charge is 0.480 e. The second kappa shape index (κ2) is 12.1. The Morgan fingerprint density at radius 1 is 1.21 bits per heavy atom. The van der Waals surface area contributed by atoms with E-state index in [1.807, 2.05) is 6.07 Å². The summed E-state index contributed by atoms with van der Waals surface area (Å²) in [6.45, 7) is 2.20. The monoisotopic (exact) mass is 561 g/mol. The van der Waals surface area contributed by atoms with Crippen molar-refractivity contribution in [2.45, 2.75) is 56.5 Å². The first kappa shape index (κ1) is 28.5. The Labute approximate surface area is 227 Å². The van der Waals surface area contributed by atoms with Crippen molar-refractivity contribution in [1.82, 2.24) is 29.5 Å². The molecule has 4 rings (SSSR count). The van der Waals surface area contributed by atoms with Crippen LogP contribution in [0.3, 0.4) is 0 Å². The number of sulfonamides is 1. The summed E-state index contributed by atoms with van der Waals surface area (Å²) in [7, 11) is -2.14. The molecule has 4 heterocycles. The predicted molar refractivity (Wildman–Crippen MR) is 141 cm³/mol. The zero-order valence-electron chi connectivity index (χ0n) is 22.1. The lowest BCUT2D eigenvalue weighted by Gasteiger charge is -2.36. The van der Waals surface area contributed by atoms with Crippen molar-refractivity contribution >= 4 is 33.6 Å². The molecule has 1 unspecified atom stereocenters. The van der Waals surface area contributed by atoms with Gasteiger partial charge in [-0.2, -0.15) is 4.31 Å². The lowest BCUT2D eigenvalue weighted by molar-refractivity contribution is -0.143. The van der Waals surface area contributed by atoms with Crippen molar-refractivity contribution in [3.8, 4) is 0 Å². The molecule has 0 aromatic carbocycles. The molecule has 1 saturated heterocycles. The van der Waals surface area contributed by atoms with Gasteiger partial charge in [0.1, 0.15) is 17.7 Å². The van der Waals surface area contributed by atoms with Crippen LogP contribution < -0.4 is 16.0 Å². The maximum Gasteiger partial charge on any atom is 0.328 e. The average molecular weight is 562 g/mol. The van der Waals surface area contributed by atoms with E-state index < -0.39 is 33.9 Å². The molecule has 2 aromatic rings. The highest BCUT2D eigenvalue weighted by Gasteiger charge is 2.42. The van der Waals surface area contributed by atoms with Gasteiger partial charge in [0, 0.05) is 51.5 Å². The number of aromatic nitrogens is 3. The first-order valence-electron chi connectivity index (χ1n) is 13.1. The highest BCUT2D eigenvalue weighted by molar-refractivity contribution is 7.89. The zero-order valence-corrected chi connectivity index (χ0v) is 23.0. The van der Waals surface area contributed by atoms with Crippen LogP contribution in [-0.2, 0) is 44.3 Å². The molecule has 1 atom stereocenters. The number of rotatable bonds is 12. The van der Waals surface area contributed by atoms with Gasteiger partial charge < -0.3 is 25.6 Å². The Balaban J connectivity index is 1.16. The summed E-state index contributed by atoms with van der Waals surface area (Å²) in [4.78, 5) is 45.1. The number of carbonyl (C=O) groups excluding carboxylic acids is 2. The minimum Gasteiger partial charge on any atom is -0.480 e. The number of imidazole rings is 1. The quantitative estimate of drug-likeness (QED) is 0.264. The lowest BCUT2D eigenvalue weighted by atomic mass is 10.0. The Kier molecular flexibility index (Phi) is 8.85. The standard InChI is InChI=1S/C25H35N7O6S/c1-16-28-22(15-31(16)2)39(37,38)32-13-18(14-32)24(34)30-20(25(35)36)12-27-21(33)8-4-3-7-19-10-9-17-6-5-11-26-23(17)29-19/h9-10,15,18,20H,3-8,11-14H2,1-2H3,(H,26,29)(H,27,33)(H,30,34)(H,35,36). The van der Waals surface area contributed by atoms with Gasteiger partial charge in [0.15, 0.2) is 5.03 Å². The number of nitrogens with zero attached hydrogens (tertiary/aromatic N) is 4. The molecule has 1 fully saturated rings. The second-order valence-corrected chi connectivity index (χ2v) is 11.9. The summed E-state index contributed by atoms with van der Waals surface area (Å²) in [5, 5.41) is 17.7. The van der Waals surface area contributed by atoms with E-state index in [9.17, 15) is 27.9 Å². The number of carboxylic acid groups (broad SMARTS) is 1. The fourth-order valence-corrected chi connectivity index (χ4v) is 6.03. The number of nitrogens with one attached hydrogen (secondary N) is 3. The molecule has 2 aliphatic heterocycles. The Hall–Kier alpha value is -3.52. The van der Waals surface area contributed by atoms with Crippen molar-refractivity contribution in [3.05, 3.63) is 35.4 Å². The third-order valence-corrected chi connectivity index (χ3v) is 8.77. The molecule has 14 heteroatoms. The van der Waals surface area contributed by atoms with Crippen molar-refractivity contribution in [2.75, 3.05) is 31.5 Å². The number of aryl methyl sites for hydroxylation is 4. The molecular formula is C25H35N7O6S. The Morgan fingerprint density at radius 3 is 2.67 bits per heavy atom. The molecule has 0 spiro atoms. The molecular weight excluding hydrogens is 526 g/mol. The minimum absolute atomic E-state index is 0.0718. The van der Waals surface area contributed by atoms with E-state index in [1.165, 1.54) is 11.8 Å². The number of unbranched alkanes of at least 4 members (excludes halogenated alkanes) is 1. The molecule has 212 valence electrons. The van der Waals surface area contributed by atoms with E-state index in [4.69, 9.17) is 0 Å². The lowest BCUT2D eigenvalue weighted by Crippen LogP contribution is -2.58. The number of fused-ring (bicyclic) bond motifs is 1. The van der Waals surface area contributed by atoms with E-state index in [0.29, 0.717) is 12.2 Å². The summed E-state index contributed by atoms with van der Waals surface area (Å²) in [5.74, 6) is -1.37. The molecule has 0 aliphatic carbocycles. The third kappa shape index (κ3) is 6.92. The van der Waals surface area contributed by atoms with Crippen LogP contribution in [-0.4, -0.2) is 82.4 Å². The van der Waals surface area contributed by atoms with E-state index >= 15 is 0 Å². The summed E-state index contributed by atoms with van der Waals surface area (Å²) < 4.78 is 28.1. The molecule has 2 aromatic heterocycles. The van der Waals surface area contributed by atoms with E-state index in [2.05, 4.69) is 32.0 Å². The van der Waals surface area contributed by atoms with Crippen molar-refractivity contribution < 1.29 is 27.9 Å². The van der Waals surface area contributed by atoms with Crippen LogP contribution in [0.2, 0.25) is 0 Å². The van der Waals surface area contributed by atoms with E-state index in [1.54, 1.807) is 18.5 Å². The van der Waals surface area contributed by atoms with Crippen LogP contribution in [0.15, 0.2) is 23.4 Å². The number of carboxylic acids is 1. The van der Waals surface area contributed by atoms with Crippen molar-refractivity contribution in [3.63, 3.8) is 0 Å². The summed E-state index contributed by atoms with van der Waals surface area (Å²) in [6.07, 6.45) is 5.88. The van der Waals surface area contributed by atoms with Gasteiger partial charge in [-0.05, 0) is 50.7 Å². The Bertz CT molecular complexity index is 1320. The van der Waals surface area contributed by atoms with Gasteiger partial charge in [-0.15, -0.1) is 0 Å². The summed E-state index contributed by atoms with van der Waals surface area (Å²) in [6, 6.07) is 2.79. The topological polar surface area (TPSA) is 176 Å². The van der Waals surface area contributed by atoms with Gasteiger partial charge in [-0.25, -0.2) is 23.2 Å². The van der Waals surface area contributed by atoms with E-state index in [-0.39, 0.29) is 37.0 Å². The molecule has 39 heavy (non-hydrogen) atoms. The maximum absolute atomic E-state index is 12.7. The third-order valence-electron chi connectivity index (χ3n) is 7.07. The van der Waals surface area contributed by atoms with Gasteiger partial charge in [0.05, 0.1) is 5.92 Å². The molecule has 4 N–H and O–H groups in total. The van der Waals surface area contributed by atoms with Crippen LogP contribution in [0.1, 0.15) is 42.8 Å². The first-order chi connectivity index (χ1) is 18.5. The van der Waals surface area contributed by atoms with E-state index in [0.717, 1.165) is 48.0 Å². The molecule has 0 saturated carbocycles. The number of pyridine rings is 1. The van der Waals surface area contributed by atoms with Crippen LogP contribution in [0.5, 0.6) is 0 Å². The van der Waals surface area contributed by atoms with Crippen molar-refractivity contribution in [1.29, 1.82) is 0 Å². The van der Waals surface area contributed by atoms with Crippen molar-refractivity contribution in [2.24, 2.45) is 13.0 Å². The number of carbonyl (C=O) groups is 3. The van der Waals surface area contributed by atoms with Gasteiger partial charge in [-0.3, -0.25) is 9.59 Å². The SMILES string of the molecule is Cc1nc(S(=O)(=O)N2CC(C(=O)NC(CNC(=O)CCCCc3ccc4c(n3)NCCC4)C(=O)O)C2)cn1C. The first-order valence-corrected chi connectivity index (χ1v) is 14.5. The van der Waals surface area contributed by atoms with Gasteiger partial charge in [-0.1, -0.05) is 6.07 Å². The smallest absolute Gasteiger partial charge is 0.328 e. The van der Waals surface area contributed by atoms with Crippen LogP contribution in [0.4, 0.5) is 5.82 Å². The fourth-order valence-electron chi connectivity index (χ4n) is 4.48. The van der Waals surface area contributed by atoms with Gasteiger partial charge in [0.25, 0.3) is 10.0 Å². The highest BCUT2D eigenvalue weighted by atomic mass is 32.2. The Morgan fingerprint density at radius 2 is 1.97 bits per heavy atom. The number of hydrogen-bond donors (Lipinski definition) is 4. The second-order valence-electron chi connectivity index (χ2n) is 10.0. The predicted octanol–water partition coefficient (Wildman–Crippen LogP) is 0.201. The number of aliphatic carboxylic acids is 1. The summed E-state index contributed by atoms with van der Waals surface area (Å²) >= 11 is 0. The zero-order chi connectivity index (χ0) is 28.2. The molecule has 13 nitrogen and oxygen atoms in total. The normalized spacial score (nSPS) is 16.5. The van der Waals surface area contributed by atoms with Gasteiger partial charge >= 0.3 is 5.97 Å². The van der Waals surface area contributed by atoms with Gasteiger partial charge in [0.2, 0.25) is 11.8 Å². The minimum atomic E-state index is -3.83. The number of anilines is 1. The maximum atomic E-state index is 12.7. The molecule has 0 bridgehead atoms. The molecule has 2 amide bonds. The van der Waals surface area contributed by atoms with Crippen LogP contribution in [0.25, 0.3) is 0 Å². The number of hydrogen-bond acceptors (Lipinski definition) is 8.